The van der Waals surface area contributed by atoms with Crippen LogP contribution in [-0.4, -0.2) is 29.3 Å². The molecule has 0 atom stereocenters. The minimum absolute atomic E-state index is 0.223. The molecule has 0 aromatic carbocycles. The van der Waals surface area contributed by atoms with E-state index in [0.717, 1.165) is 13.0 Å². The van der Waals surface area contributed by atoms with Crippen molar-refractivity contribution in [2.45, 2.75) is 45.6 Å². The molecule has 12 heavy (non-hydrogen) atoms. The molecule has 0 radical (unpaired) electrons. The van der Waals surface area contributed by atoms with E-state index in [2.05, 4.69) is 25.7 Å². The van der Waals surface area contributed by atoms with Gasteiger partial charge in [-0.15, -0.1) is 0 Å². The molecule has 0 bridgehead atoms. The lowest BCUT2D eigenvalue weighted by Crippen LogP contribution is -2.42. The average molecular weight is 169 g/mol. The van der Waals surface area contributed by atoms with Gasteiger partial charge in [-0.3, -0.25) is 9.69 Å². The summed E-state index contributed by atoms with van der Waals surface area (Å²) in [6, 6.07) is 0. The molecule has 0 amide bonds. The second kappa shape index (κ2) is 3.56. The summed E-state index contributed by atoms with van der Waals surface area (Å²) in [5.74, 6) is 0.402. The first-order valence-corrected chi connectivity index (χ1v) is 4.83. The number of hydrogen-bond donors (Lipinski definition) is 0. The molecule has 70 valence electrons. The van der Waals surface area contributed by atoms with Crippen LogP contribution >= 0.6 is 0 Å². The molecule has 1 aliphatic rings. The van der Waals surface area contributed by atoms with Crippen molar-refractivity contribution in [2.75, 3.05) is 13.1 Å². The fourth-order valence-corrected chi connectivity index (χ4v) is 1.92. The van der Waals surface area contributed by atoms with E-state index in [9.17, 15) is 4.79 Å². The third-order valence-corrected chi connectivity index (χ3v) is 2.75. The van der Waals surface area contributed by atoms with Crippen molar-refractivity contribution in [3.05, 3.63) is 0 Å². The van der Waals surface area contributed by atoms with Crippen molar-refractivity contribution in [2.24, 2.45) is 0 Å². The van der Waals surface area contributed by atoms with Crippen LogP contribution in [0.5, 0.6) is 0 Å². The van der Waals surface area contributed by atoms with Crippen molar-refractivity contribution in [3.8, 4) is 0 Å². The van der Waals surface area contributed by atoms with E-state index in [-0.39, 0.29) is 5.54 Å². The molecule has 0 spiro atoms. The van der Waals surface area contributed by atoms with Crippen LogP contribution in [0.4, 0.5) is 0 Å². The number of Topliss-reactive ketones (excluding diaryl/α,β-unsaturated/α-hetero) is 1. The number of hydrogen-bond acceptors (Lipinski definition) is 2. The van der Waals surface area contributed by atoms with Crippen LogP contribution < -0.4 is 0 Å². The first-order valence-electron chi connectivity index (χ1n) is 4.83. The van der Waals surface area contributed by atoms with Gasteiger partial charge in [0, 0.05) is 18.5 Å². The Morgan fingerprint density at radius 3 is 2.58 bits per heavy atom. The quantitative estimate of drug-likeness (QED) is 0.642. The van der Waals surface area contributed by atoms with Crippen LogP contribution in [0.3, 0.4) is 0 Å². The molecule has 0 N–H and O–H groups in total. The molecule has 1 rings (SSSR count). The maximum absolute atomic E-state index is 11.1. The normalized spacial score (nSPS) is 20.4. The number of nitrogens with zero attached hydrogens (tertiary/aromatic N) is 1. The van der Waals surface area contributed by atoms with Gasteiger partial charge in [0.1, 0.15) is 5.78 Å². The monoisotopic (exact) mass is 169 g/mol. The van der Waals surface area contributed by atoms with Gasteiger partial charge in [-0.1, -0.05) is 13.3 Å². The summed E-state index contributed by atoms with van der Waals surface area (Å²) in [7, 11) is 0. The SMILES string of the molecule is CCCC(C)(C)N1CCC(=O)C1. The summed E-state index contributed by atoms with van der Waals surface area (Å²) in [4.78, 5) is 13.4. The molecule has 1 heterocycles. The second-order valence-electron chi connectivity index (χ2n) is 4.27. The van der Waals surface area contributed by atoms with E-state index >= 15 is 0 Å². The van der Waals surface area contributed by atoms with Crippen molar-refractivity contribution < 1.29 is 4.79 Å². The Bertz CT molecular complexity index is 175. The molecule has 0 unspecified atom stereocenters. The van der Waals surface area contributed by atoms with E-state index < -0.39 is 0 Å². The summed E-state index contributed by atoms with van der Waals surface area (Å²) in [6.45, 7) is 8.29. The Hall–Kier alpha value is -0.370. The van der Waals surface area contributed by atoms with Crippen molar-refractivity contribution in [3.63, 3.8) is 0 Å². The summed E-state index contributed by atoms with van der Waals surface area (Å²) < 4.78 is 0. The zero-order valence-corrected chi connectivity index (χ0v) is 8.39. The van der Waals surface area contributed by atoms with Gasteiger partial charge in [0.2, 0.25) is 0 Å². The summed E-state index contributed by atoms with van der Waals surface area (Å²) in [5.41, 5.74) is 0.223. The highest BCUT2D eigenvalue weighted by Crippen LogP contribution is 2.23. The highest BCUT2D eigenvalue weighted by molar-refractivity contribution is 5.82. The fourth-order valence-electron chi connectivity index (χ4n) is 1.92. The summed E-state index contributed by atoms with van der Waals surface area (Å²) in [6.07, 6.45) is 3.13. The zero-order valence-electron chi connectivity index (χ0n) is 8.39. The van der Waals surface area contributed by atoms with Gasteiger partial charge in [-0.05, 0) is 20.3 Å². The number of ketones is 1. The van der Waals surface area contributed by atoms with Gasteiger partial charge >= 0.3 is 0 Å². The van der Waals surface area contributed by atoms with Crippen LogP contribution in [0.15, 0.2) is 0 Å². The molecule has 1 aliphatic heterocycles. The number of rotatable bonds is 3. The van der Waals surface area contributed by atoms with Crippen molar-refractivity contribution in [1.82, 2.24) is 4.90 Å². The largest absolute Gasteiger partial charge is 0.298 e. The second-order valence-corrected chi connectivity index (χ2v) is 4.27. The lowest BCUT2D eigenvalue weighted by molar-refractivity contribution is -0.117. The Labute approximate surface area is 74.9 Å². The van der Waals surface area contributed by atoms with E-state index in [1.165, 1.54) is 12.8 Å². The third kappa shape index (κ3) is 2.07. The lowest BCUT2D eigenvalue weighted by atomic mass is 9.97. The molecule has 0 saturated carbocycles. The molecule has 0 aromatic heterocycles. The Morgan fingerprint density at radius 1 is 1.50 bits per heavy atom. The number of carbonyl (C=O) groups is 1. The summed E-state index contributed by atoms with van der Waals surface area (Å²) >= 11 is 0. The predicted octanol–water partition coefficient (Wildman–Crippen LogP) is 1.84. The van der Waals surface area contributed by atoms with E-state index in [0.29, 0.717) is 12.3 Å². The summed E-state index contributed by atoms with van der Waals surface area (Å²) in [5, 5.41) is 0. The third-order valence-electron chi connectivity index (χ3n) is 2.75. The highest BCUT2D eigenvalue weighted by Gasteiger charge is 2.31. The fraction of sp³-hybridized carbons (Fsp3) is 0.900. The Morgan fingerprint density at radius 2 is 2.17 bits per heavy atom. The van der Waals surface area contributed by atoms with Crippen LogP contribution in [0.25, 0.3) is 0 Å². The van der Waals surface area contributed by atoms with E-state index in [1.54, 1.807) is 0 Å². The van der Waals surface area contributed by atoms with E-state index in [1.807, 2.05) is 0 Å². The maximum Gasteiger partial charge on any atom is 0.148 e. The van der Waals surface area contributed by atoms with Crippen LogP contribution in [0, 0.1) is 0 Å². The molecule has 0 aliphatic carbocycles. The first-order chi connectivity index (χ1) is 5.56. The standard InChI is InChI=1S/C10H19NO/c1-4-6-10(2,3)11-7-5-9(12)8-11/h4-8H2,1-3H3. The van der Waals surface area contributed by atoms with Gasteiger partial charge < -0.3 is 0 Å². The molecule has 1 saturated heterocycles. The topological polar surface area (TPSA) is 20.3 Å². The van der Waals surface area contributed by atoms with Crippen LogP contribution in [-0.2, 0) is 4.79 Å². The van der Waals surface area contributed by atoms with Gasteiger partial charge in [0.05, 0.1) is 6.54 Å². The minimum Gasteiger partial charge on any atom is -0.298 e. The smallest absolute Gasteiger partial charge is 0.148 e. The molecular formula is C10H19NO. The van der Waals surface area contributed by atoms with Crippen molar-refractivity contribution in [1.29, 1.82) is 0 Å². The molecular weight excluding hydrogens is 150 g/mol. The van der Waals surface area contributed by atoms with Gasteiger partial charge in [-0.25, -0.2) is 0 Å². The van der Waals surface area contributed by atoms with Gasteiger partial charge in [0.25, 0.3) is 0 Å². The molecule has 2 heteroatoms. The highest BCUT2D eigenvalue weighted by atomic mass is 16.1. The molecule has 0 aromatic rings. The number of likely N-dealkylation sites (tertiary alicyclic amines) is 1. The lowest BCUT2D eigenvalue weighted by Gasteiger charge is -2.34. The predicted molar refractivity (Wildman–Crippen MR) is 50.2 cm³/mol. The average Bonchev–Trinajstić information content (AvgIpc) is 2.36. The van der Waals surface area contributed by atoms with Crippen LogP contribution in [0.2, 0.25) is 0 Å². The molecule has 2 nitrogen and oxygen atoms in total. The number of carbonyl (C=O) groups excluding carboxylic acids is 1. The van der Waals surface area contributed by atoms with Gasteiger partial charge in [0.15, 0.2) is 0 Å². The maximum atomic E-state index is 11.1. The first kappa shape index (κ1) is 9.72. The Kier molecular flexibility index (Phi) is 2.89. The van der Waals surface area contributed by atoms with E-state index in [4.69, 9.17) is 0 Å². The minimum atomic E-state index is 0.223. The Balaban J connectivity index is 2.51. The molecule has 1 fully saturated rings. The van der Waals surface area contributed by atoms with Gasteiger partial charge in [-0.2, -0.15) is 0 Å². The van der Waals surface area contributed by atoms with Crippen molar-refractivity contribution >= 4 is 5.78 Å². The zero-order chi connectivity index (χ0) is 9.19. The van der Waals surface area contributed by atoms with Crippen LogP contribution in [0.1, 0.15) is 40.0 Å².